The Balaban J connectivity index is 2.38. The van der Waals surface area contributed by atoms with Gasteiger partial charge in [0.05, 0.1) is 12.9 Å². The zero-order valence-corrected chi connectivity index (χ0v) is 6.80. The number of hydrogen-bond acceptors (Lipinski definition) is 4. The van der Waals surface area contributed by atoms with E-state index in [0.29, 0.717) is 0 Å². The number of aromatic nitrogens is 2. The molecule has 0 fully saturated rings. The zero-order chi connectivity index (χ0) is 7.68. The number of aryl methyl sites for hydroxylation is 1. The molecule has 0 amide bonds. The van der Waals surface area contributed by atoms with E-state index in [-0.39, 0.29) is 0 Å². The fraction of sp³-hybridized carbons (Fsp3) is 0.500. The minimum atomic E-state index is 0.777. The van der Waals surface area contributed by atoms with E-state index in [9.17, 15) is 0 Å². The third kappa shape index (κ3) is 1.10. The molecule has 0 radical (unpaired) electrons. The Morgan fingerprint density at radius 2 is 2.64 bits per heavy atom. The molecule has 0 bridgehead atoms. The molecule has 1 aliphatic heterocycles. The molecule has 0 aromatic carbocycles. The summed E-state index contributed by atoms with van der Waals surface area (Å²) in [6.45, 7) is 1.77. The quantitative estimate of drug-likeness (QED) is 0.630. The van der Waals surface area contributed by atoms with Crippen molar-refractivity contribution in [1.29, 1.82) is 0 Å². The third-order valence-corrected chi connectivity index (χ3v) is 2.16. The van der Waals surface area contributed by atoms with Crippen LogP contribution in [0.3, 0.4) is 0 Å². The lowest BCUT2D eigenvalue weighted by atomic mass is 10.4. The number of fused-ring (bicyclic) bond motifs is 1. The molecule has 0 aliphatic carbocycles. The summed E-state index contributed by atoms with van der Waals surface area (Å²) in [6, 6.07) is 0. The monoisotopic (exact) mass is 171 g/mol. The summed E-state index contributed by atoms with van der Waals surface area (Å²) < 4.78 is 7.37. The average molecular weight is 171 g/mol. The first-order chi connectivity index (χ1) is 5.42. The fourth-order valence-corrected chi connectivity index (χ4v) is 1.53. The molecule has 1 aromatic heterocycles. The normalized spacial score (nSPS) is 15.7. The molecule has 11 heavy (non-hydrogen) atoms. The summed E-state index contributed by atoms with van der Waals surface area (Å²) >= 11 is 1.13. The maximum absolute atomic E-state index is 5.39. The Bertz CT molecular complexity index is 247. The van der Waals surface area contributed by atoms with Gasteiger partial charge in [0.2, 0.25) is 5.88 Å². The van der Waals surface area contributed by atoms with Crippen LogP contribution in [-0.2, 0) is 6.54 Å². The molecular formula is C6H9N3OS. The van der Waals surface area contributed by atoms with E-state index < -0.39 is 0 Å². The van der Waals surface area contributed by atoms with Crippen molar-refractivity contribution in [2.24, 2.45) is 5.14 Å². The third-order valence-electron chi connectivity index (χ3n) is 1.65. The number of rotatable bonds is 1. The number of imidazole rings is 1. The van der Waals surface area contributed by atoms with Gasteiger partial charge in [0, 0.05) is 6.54 Å². The fourth-order valence-electron chi connectivity index (χ4n) is 1.14. The lowest BCUT2D eigenvalue weighted by Gasteiger charge is -2.15. The molecule has 5 heteroatoms. The molecule has 2 N–H and O–H groups in total. The molecular weight excluding hydrogens is 162 g/mol. The first kappa shape index (κ1) is 7.00. The molecule has 0 atom stereocenters. The molecule has 4 nitrogen and oxygen atoms in total. The summed E-state index contributed by atoms with van der Waals surface area (Å²) in [5.74, 6) is 0.823. The Labute approximate surface area is 68.9 Å². The Hall–Kier alpha value is -0.680. The smallest absolute Gasteiger partial charge is 0.229 e. The minimum absolute atomic E-state index is 0.777. The second-order valence-electron chi connectivity index (χ2n) is 2.37. The van der Waals surface area contributed by atoms with Crippen LogP contribution in [0.2, 0.25) is 0 Å². The van der Waals surface area contributed by atoms with Gasteiger partial charge in [-0.05, 0) is 18.4 Å². The maximum Gasteiger partial charge on any atom is 0.229 e. The average Bonchev–Trinajstić information content (AvgIpc) is 2.47. The molecule has 2 rings (SSSR count). The SMILES string of the molecule is NSc1ncn2c1OCCC2. The standard InChI is InChI=1S/C6H9N3OS/c7-11-5-6-9(4-8-5)2-1-3-10-6/h4H,1-3,7H2. The van der Waals surface area contributed by atoms with Crippen LogP contribution in [0.1, 0.15) is 6.42 Å². The van der Waals surface area contributed by atoms with Crippen LogP contribution in [0.5, 0.6) is 5.88 Å². The highest BCUT2D eigenvalue weighted by Gasteiger charge is 2.15. The van der Waals surface area contributed by atoms with Crippen molar-refractivity contribution in [3.63, 3.8) is 0 Å². The van der Waals surface area contributed by atoms with Crippen LogP contribution >= 0.6 is 11.9 Å². The van der Waals surface area contributed by atoms with E-state index >= 15 is 0 Å². The largest absolute Gasteiger partial charge is 0.477 e. The van der Waals surface area contributed by atoms with Crippen LogP contribution in [0, 0.1) is 0 Å². The lowest BCUT2D eigenvalue weighted by Crippen LogP contribution is -2.13. The highest BCUT2D eigenvalue weighted by Crippen LogP contribution is 2.26. The van der Waals surface area contributed by atoms with Gasteiger partial charge in [-0.25, -0.2) is 4.98 Å². The van der Waals surface area contributed by atoms with Crippen molar-refractivity contribution in [2.75, 3.05) is 6.61 Å². The van der Waals surface area contributed by atoms with E-state index in [1.165, 1.54) is 0 Å². The van der Waals surface area contributed by atoms with Gasteiger partial charge >= 0.3 is 0 Å². The molecule has 0 saturated carbocycles. The van der Waals surface area contributed by atoms with Gasteiger partial charge in [-0.1, -0.05) is 0 Å². The highest BCUT2D eigenvalue weighted by atomic mass is 32.2. The van der Waals surface area contributed by atoms with Gasteiger partial charge in [-0.2, -0.15) is 0 Å². The second kappa shape index (κ2) is 2.75. The first-order valence-electron chi connectivity index (χ1n) is 3.46. The van der Waals surface area contributed by atoms with Crippen molar-refractivity contribution in [3.05, 3.63) is 6.33 Å². The predicted molar refractivity (Wildman–Crippen MR) is 42.4 cm³/mol. The van der Waals surface area contributed by atoms with E-state index in [1.807, 2.05) is 4.57 Å². The molecule has 0 spiro atoms. The highest BCUT2D eigenvalue weighted by molar-refractivity contribution is 7.97. The van der Waals surface area contributed by atoms with Crippen LogP contribution in [-0.4, -0.2) is 16.2 Å². The maximum atomic E-state index is 5.39. The summed E-state index contributed by atoms with van der Waals surface area (Å²) in [5.41, 5.74) is 0. The summed E-state index contributed by atoms with van der Waals surface area (Å²) in [6.07, 6.45) is 2.82. The van der Waals surface area contributed by atoms with E-state index in [2.05, 4.69) is 4.98 Å². The van der Waals surface area contributed by atoms with Gasteiger partial charge in [0.25, 0.3) is 0 Å². The van der Waals surface area contributed by atoms with Crippen molar-refractivity contribution >= 4 is 11.9 Å². The Morgan fingerprint density at radius 3 is 3.45 bits per heavy atom. The second-order valence-corrected chi connectivity index (χ2v) is 2.99. The molecule has 2 heterocycles. The molecule has 1 aromatic rings. The van der Waals surface area contributed by atoms with Crippen molar-refractivity contribution in [2.45, 2.75) is 18.0 Å². The van der Waals surface area contributed by atoms with Crippen molar-refractivity contribution in [1.82, 2.24) is 9.55 Å². The van der Waals surface area contributed by atoms with Gasteiger partial charge < -0.3 is 9.30 Å². The van der Waals surface area contributed by atoms with Crippen LogP contribution in [0.25, 0.3) is 0 Å². The van der Waals surface area contributed by atoms with Crippen LogP contribution in [0.4, 0.5) is 0 Å². The van der Waals surface area contributed by atoms with Crippen LogP contribution in [0.15, 0.2) is 11.4 Å². The van der Waals surface area contributed by atoms with Gasteiger partial charge in [-0.15, -0.1) is 0 Å². The molecule has 0 unspecified atom stereocenters. The van der Waals surface area contributed by atoms with Crippen LogP contribution < -0.4 is 9.88 Å². The lowest BCUT2D eigenvalue weighted by molar-refractivity contribution is 0.235. The van der Waals surface area contributed by atoms with Crippen molar-refractivity contribution < 1.29 is 4.74 Å². The van der Waals surface area contributed by atoms with E-state index in [4.69, 9.17) is 9.88 Å². The summed E-state index contributed by atoms with van der Waals surface area (Å²) in [5, 5.41) is 6.16. The number of nitrogens with two attached hydrogens (primary N) is 1. The topological polar surface area (TPSA) is 53.1 Å². The Kier molecular flexibility index (Phi) is 1.75. The molecule has 0 saturated heterocycles. The summed E-state index contributed by atoms with van der Waals surface area (Å²) in [7, 11) is 0. The van der Waals surface area contributed by atoms with Crippen molar-refractivity contribution in [3.8, 4) is 5.88 Å². The molecule has 60 valence electrons. The molecule has 1 aliphatic rings. The predicted octanol–water partition coefficient (Wildman–Crippen LogP) is 0.631. The zero-order valence-electron chi connectivity index (χ0n) is 5.99. The summed E-state index contributed by atoms with van der Waals surface area (Å²) in [4.78, 5) is 4.09. The first-order valence-corrected chi connectivity index (χ1v) is 4.34. The number of hydrogen-bond donors (Lipinski definition) is 1. The van der Waals surface area contributed by atoms with E-state index in [1.54, 1.807) is 6.33 Å². The number of nitrogens with zero attached hydrogens (tertiary/aromatic N) is 2. The Morgan fingerprint density at radius 1 is 1.73 bits per heavy atom. The van der Waals surface area contributed by atoms with Gasteiger partial charge in [-0.3, -0.25) is 5.14 Å². The van der Waals surface area contributed by atoms with Gasteiger partial charge in [0.1, 0.15) is 0 Å². The minimum Gasteiger partial charge on any atom is -0.477 e. The number of ether oxygens (including phenoxy) is 1. The van der Waals surface area contributed by atoms with Gasteiger partial charge in [0.15, 0.2) is 5.03 Å². The van der Waals surface area contributed by atoms with E-state index in [0.717, 1.165) is 42.4 Å².